The molecular weight excluding hydrogens is 340 g/mol. The van der Waals surface area contributed by atoms with Crippen LogP contribution >= 0.6 is 0 Å². The molecule has 144 valence electrons. The van der Waals surface area contributed by atoms with Crippen LogP contribution in [-0.4, -0.2) is 35.1 Å². The molecule has 1 aliphatic rings. The summed E-state index contributed by atoms with van der Waals surface area (Å²) in [7, 11) is 0. The van der Waals surface area contributed by atoms with Crippen LogP contribution in [0.5, 0.6) is 5.75 Å². The second-order valence-corrected chi connectivity index (χ2v) is 7.40. The topological polar surface area (TPSA) is 51.7 Å². The van der Waals surface area contributed by atoms with Gasteiger partial charge in [0.1, 0.15) is 11.9 Å². The van der Waals surface area contributed by atoms with Crippen molar-refractivity contribution < 1.29 is 14.3 Å². The highest BCUT2D eigenvalue weighted by Crippen LogP contribution is 2.20. The highest BCUT2D eigenvalue weighted by atomic mass is 16.5. The number of hydrogen-bond acceptors (Lipinski definition) is 4. The monoisotopic (exact) mass is 368 g/mol. The molecule has 5 heteroatoms. The Kier molecular flexibility index (Phi) is 6.82. The first-order chi connectivity index (χ1) is 13.1. The standard InChI is InChI=1S/C22H28N2O3/c1-17(2)16-27-20-7-5-18(6-8-20)14-24(15-19-9-11-23-12-10-19)22(25)21-4-3-13-26-21/h5-12,17,21H,3-4,13-16H2,1-2H3/t21-/m1/s1. The summed E-state index contributed by atoms with van der Waals surface area (Å²) in [5, 5.41) is 0. The maximum Gasteiger partial charge on any atom is 0.252 e. The summed E-state index contributed by atoms with van der Waals surface area (Å²) in [5.74, 6) is 1.41. The third kappa shape index (κ3) is 5.79. The van der Waals surface area contributed by atoms with Gasteiger partial charge in [-0.15, -0.1) is 0 Å². The van der Waals surface area contributed by atoms with Gasteiger partial charge >= 0.3 is 0 Å². The number of amides is 1. The van der Waals surface area contributed by atoms with Crippen molar-refractivity contribution in [1.82, 2.24) is 9.88 Å². The Morgan fingerprint density at radius 1 is 1.15 bits per heavy atom. The molecule has 1 aromatic carbocycles. The lowest BCUT2D eigenvalue weighted by atomic mass is 10.1. The summed E-state index contributed by atoms with van der Waals surface area (Å²) in [6.45, 7) is 6.72. The smallest absolute Gasteiger partial charge is 0.252 e. The van der Waals surface area contributed by atoms with Gasteiger partial charge in [0.2, 0.25) is 0 Å². The first-order valence-corrected chi connectivity index (χ1v) is 9.63. The maximum absolute atomic E-state index is 13.0. The second kappa shape index (κ2) is 9.51. The van der Waals surface area contributed by atoms with E-state index < -0.39 is 0 Å². The summed E-state index contributed by atoms with van der Waals surface area (Å²) < 4.78 is 11.4. The van der Waals surface area contributed by atoms with E-state index in [0.29, 0.717) is 32.2 Å². The molecule has 0 unspecified atom stereocenters. The number of rotatable bonds is 8. The first-order valence-electron chi connectivity index (χ1n) is 9.63. The number of ether oxygens (including phenoxy) is 2. The molecule has 3 rings (SSSR count). The molecular formula is C22H28N2O3. The molecule has 2 heterocycles. The second-order valence-electron chi connectivity index (χ2n) is 7.40. The lowest BCUT2D eigenvalue weighted by molar-refractivity contribution is -0.142. The fourth-order valence-corrected chi connectivity index (χ4v) is 3.07. The van der Waals surface area contributed by atoms with Gasteiger partial charge in [-0.2, -0.15) is 0 Å². The highest BCUT2D eigenvalue weighted by Gasteiger charge is 2.28. The number of aromatic nitrogens is 1. The van der Waals surface area contributed by atoms with Crippen LogP contribution in [0.2, 0.25) is 0 Å². The van der Waals surface area contributed by atoms with Crippen molar-refractivity contribution >= 4 is 5.91 Å². The Labute approximate surface area is 161 Å². The van der Waals surface area contributed by atoms with Gasteiger partial charge in [-0.3, -0.25) is 9.78 Å². The van der Waals surface area contributed by atoms with Gasteiger partial charge in [-0.05, 0) is 54.2 Å². The fraction of sp³-hybridized carbons (Fsp3) is 0.455. The van der Waals surface area contributed by atoms with Crippen LogP contribution < -0.4 is 4.74 Å². The van der Waals surface area contributed by atoms with Crippen LogP contribution in [0.4, 0.5) is 0 Å². The molecule has 1 fully saturated rings. The van der Waals surface area contributed by atoms with Crippen molar-refractivity contribution in [3.63, 3.8) is 0 Å². The highest BCUT2D eigenvalue weighted by molar-refractivity contribution is 5.81. The van der Waals surface area contributed by atoms with Crippen LogP contribution in [0.3, 0.4) is 0 Å². The van der Waals surface area contributed by atoms with Crippen LogP contribution in [-0.2, 0) is 22.6 Å². The zero-order valence-electron chi connectivity index (χ0n) is 16.1. The predicted octanol–water partition coefficient (Wildman–Crippen LogP) is 3.82. The fourth-order valence-electron chi connectivity index (χ4n) is 3.07. The SMILES string of the molecule is CC(C)COc1ccc(CN(Cc2ccncc2)C(=O)[C@H]2CCCO2)cc1. The largest absolute Gasteiger partial charge is 0.493 e. The normalized spacial score (nSPS) is 16.5. The van der Waals surface area contributed by atoms with Gasteiger partial charge < -0.3 is 14.4 Å². The van der Waals surface area contributed by atoms with E-state index >= 15 is 0 Å². The van der Waals surface area contributed by atoms with Crippen LogP contribution in [0.1, 0.15) is 37.8 Å². The summed E-state index contributed by atoms with van der Waals surface area (Å²) >= 11 is 0. The van der Waals surface area contributed by atoms with Crippen molar-refractivity contribution in [2.24, 2.45) is 5.92 Å². The molecule has 0 radical (unpaired) electrons. The lowest BCUT2D eigenvalue weighted by Gasteiger charge is -2.25. The Morgan fingerprint density at radius 2 is 1.81 bits per heavy atom. The summed E-state index contributed by atoms with van der Waals surface area (Å²) in [6, 6.07) is 11.9. The van der Waals surface area contributed by atoms with Crippen molar-refractivity contribution in [1.29, 1.82) is 0 Å². The molecule has 5 nitrogen and oxygen atoms in total. The number of nitrogens with zero attached hydrogens (tertiary/aromatic N) is 2. The Hall–Kier alpha value is -2.40. The zero-order chi connectivity index (χ0) is 19.1. The van der Waals surface area contributed by atoms with E-state index in [1.54, 1.807) is 12.4 Å². The number of hydrogen-bond donors (Lipinski definition) is 0. The average molecular weight is 368 g/mol. The number of carbonyl (C=O) groups excluding carboxylic acids is 1. The van der Waals surface area contributed by atoms with Gasteiger partial charge in [0.25, 0.3) is 5.91 Å². The van der Waals surface area contributed by atoms with Gasteiger partial charge in [0.15, 0.2) is 0 Å². The van der Waals surface area contributed by atoms with Gasteiger partial charge in [0, 0.05) is 32.1 Å². The van der Waals surface area contributed by atoms with Gasteiger partial charge in [0.05, 0.1) is 6.61 Å². The molecule has 27 heavy (non-hydrogen) atoms. The van der Waals surface area contributed by atoms with E-state index in [1.165, 1.54) is 0 Å². The molecule has 1 atom stereocenters. The number of benzene rings is 1. The van der Waals surface area contributed by atoms with Crippen molar-refractivity contribution in [2.45, 2.75) is 45.9 Å². The molecule has 0 bridgehead atoms. The molecule has 0 saturated carbocycles. The van der Waals surface area contributed by atoms with Gasteiger partial charge in [-0.25, -0.2) is 0 Å². The third-order valence-corrected chi connectivity index (χ3v) is 4.52. The molecule has 0 spiro atoms. The van der Waals surface area contributed by atoms with Crippen molar-refractivity contribution in [3.05, 3.63) is 59.9 Å². The van der Waals surface area contributed by atoms with E-state index in [4.69, 9.17) is 9.47 Å². The van der Waals surface area contributed by atoms with E-state index in [9.17, 15) is 4.79 Å². The van der Waals surface area contributed by atoms with Crippen LogP contribution in [0.25, 0.3) is 0 Å². The molecule has 1 aliphatic heterocycles. The van der Waals surface area contributed by atoms with Crippen LogP contribution in [0.15, 0.2) is 48.8 Å². The third-order valence-electron chi connectivity index (χ3n) is 4.52. The molecule has 1 aromatic heterocycles. The average Bonchev–Trinajstić information content (AvgIpc) is 3.22. The van der Waals surface area contributed by atoms with E-state index in [2.05, 4.69) is 18.8 Å². The first kappa shape index (κ1) is 19.4. The molecule has 0 N–H and O–H groups in total. The van der Waals surface area contributed by atoms with Crippen LogP contribution in [0, 0.1) is 5.92 Å². The minimum atomic E-state index is -0.319. The Bertz CT molecular complexity index is 710. The molecule has 0 aliphatic carbocycles. The molecule has 1 saturated heterocycles. The molecule has 2 aromatic rings. The number of pyridine rings is 1. The minimum Gasteiger partial charge on any atom is -0.493 e. The quantitative estimate of drug-likeness (QED) is 0.711. The zero-order valence-corrected chi connectivity index (χ0v) is 16.1. The summed E-state index contributed by atoms with van der Waals surface area (Å²) in [6.07, 6.45) is 4.94. The van der Waals surface area contributed by atoms with E-state index in [-0.39, 0.29) is 12.0 Å². The van der Waals surface area contributed by atoms with E-state index in [0.717, 1.165) is 29.7 Å². The van der Waals surface area contributed by atoms with Crippen molar-refractivity contribution in [3.8, 4) is 5.75 Å². The summed E-state index contributed by atoms with van der Waals surface area (Å²) in [5.41, 5.74) is 2.14. The minimum absolute atomic E-state index is 0.0597. The van der Waals surface area contributed by atoms with Crippen molar-refractivity contribution in [2.75, 3.05) is 13.2 Å². The Balaban J connectivity index is 1.69. The molecule has 1 amide bonds. The Morgan fingerprint density at radius 3 is 2.41 bits per heavy atom. The summed E-state index contributed by atoms with van der Waals surface area (Å²) in [4.78, 5) is 18.9. The van der Waals surface area contributed by atoms with E-state index in [1.807, 2.05) is 41.3 Å². The predicted molar refractivity (Wildman–Crippen MR) is 104 cm³/mol. The maximum atomic E-state index is 13.0. The lowest BCUT2D eigenvalue weighted by Crippen LogP contribution is -2.38. The van der Waals surface area contributed by atoms with Gasteiger partial charge in [-0.1, -0.05) is 26.0 Å². The number of carbonyl (C=O) groups is 1.